The van der Waals surface area contributed by atoms with Gasteiger partial charge in [-0.15, -0.1) is 0 Å². The number of hydrogen-bond acceptors (Lipinski definition) is 1. The Morgan fingerprint density at radius 1 is 1.62 bits per heavy atom. The van der Waals surface area contributed by atoms with Gasteiger partial charge in [0.1, 0.15) is 0 Å². The van der Waals surface area contributed by atoms with Gasteiger partial charge in [-0.05, 0) is 24.7 Å². The fourth-order valence-electron chi connectivity index (χ4n) is 2.14. The maximum absolute atomic E-state index is 11.3. The van der Waals surface area contributed by atoms with Crippen LogP contribution in [-0.4, -0.2) is 9.55 Å². The van der Waals surface area contributed by atoms with E-state index < -0.39 is 0 Å². The lowest BCUT2D eigenvalue weighted by Gasteiger charge is -2.41. The van der Waals surface area contributed by atoms with Gasteiger partial charge in [0.25, 0.3) is 0 Å². The molecule has 13 heavy (non-hydrogen) atoms. The van der Waals surface area contributed by atoms with E-state index in [1.807, 2.05) is 6.20 Å². The Morgan fingerprint density at radius 2 is 2.38 bits per heavy atom. The van der Waals surface area contributed by atoms with Crippen LogP contribution >= 0.6 is 0 Å². The van der Waals surface area contributed by atoms with Crippen LogP contribution in [0.5, 0.6) is 0 Å². The van der Waals surface area contributed by atoms with Gasteiger partial charge in [0.05, 0.1) is 0 Å². The molecule has 0 unspecified atom stereocenters. The molecule has 1 aliphatic carbocycles. The number of aromatic amines is 1. The molecule has 3 heteroatoms. The van der Waals surface area contributed by atoms with E-state index in [0.717, 1.165) is 6.54 Å². The first kappa shape index (κ1) is 8.60. The minimum Gasteiger partial charge on any atom is -0.313 e. The molecule has 1 heterocycles. The molecule has 0 amide bonds. The second-order valence-corrected chi connectivity index (χ2v) is 4.10. The second kappa shape index (κ2) is 3.05. The number of imidazole rings is 1. The quantitative estimate of drug-likeness (QED) is 0.756. The highest BCUT2D eigenvalue weighted by atomic mass is 16.1. The van der Waals surface area contributed by atoms with Crippen molar-refractivity contribution in [2.75, 3.05) is 0 Å². The Labute approximate surface area is 77.8 Å². The van der Waals surface area contributed by atoms with Gasteiger partial charge in [-0.2, -0.15) is 0 Å². The molecule has 3 nitrogen and oxygen atoms in total. The van der Waals surface area contributed by atoms with E-state index in [4.69, 9.17) is 0 Å². The number of hydrogen-bond donors (Lipinski definition) is 1. The zero-order chi connectivity index (χ0) is 9.31. The van der Waals surface area contributed by atoms with Crippen LogP contribution in [0, 0.1) is 5.41 Å². The fourth-order valence-corrected chi connectivity index (χ4v) is 2.14. The third kappa shape index (κ3) is 1.43. The minimum absolute atomic E-state index is 0.0275. The number of nitrogens with one attached hydrogen (secondary N) is 1. The van der Waals surface area contributed by atoms with Gasteiger partial charge in [-0.3, -0.25) is 4.57 Å². The molecule has 1 aromatic heterocycles. The second-order valence-electron chi connectivity index (χ2n) is 4.10. The summed E-state index contributed by atoms with van der Waals surface area (Å²) in [7, 11) is 0. The molecule has 0 saturated heterocycles. The van der Waals surface area contributed by atoms with Crippen molar-refractivity contribution < 1.29 is 0 Å². The molecule has 1 fully saturated rings. The van der Waals surface area contributed by atoms with Crippen molar-refractivity contribution >= 4 is 0 Å². The molecule has 1 aliphatic rings. The van der Waals surface area contributed by atoms with Crippen molar-refractivity contribution in [2.24, 2.45) is 5.41 Å². The molecule has 72 valence electrons. The largest absolute Gasteiger partial charge is 0.325 e. The zero-order valence-corrected chi connectivity index (χ0v) is 8.05. The summed E-state index contributed by atoms with van der Waals surface area (Å²) in [6.45, 7) is 3.11. The number of nitrogens with zero attached hydrogens (tertiary/aromatic N) is 1. The average molecular weight is 180 g/mol. The van der Waals surface area contributed by atoms with Gasteiger partial charge in [-0.25, -0.2) is 4.79 Å². The zero-order valence-electron chi connectivity index (χ0n) is 8.05. The van der Waals surface area contributed by atoms with E-state index >= 15 is 0 Å². The van der Waals surface area contributed by atoms with Crippen molar-refractivity contribution in [2.45, 2.75) is 39.2 Å². The first-order chi connectivity index (χ1) is 6.26. The first-order valence-electron chi connectivity index (χ1n) is 5.00. The smallest absolute Gasteiger partial charge is 0.313 e. The summed E-state index contributed by atoms with van der Waals surface area (Å²) in [5.41, 5.74) is 0.450. The highest BCUT2D eigenvalue weighted by molar-refractivity contribution is 4.89. The van der Waals surface area contributed by atoms with E-state index in [2.05, 4.69) is 11.9 Å². The lowest BCUT2D eigenvalue weighted by atomic mass is 9.67. The molecular weight excluding hydrogens is 164 g/mol. The molecule has 0 aromatic carbocycles. The van der Waals surface area contributed by atoms with Gasteiger partial charge in [0.2, 0.25) is 0 Å². The molecule has 0 spiro atoms. The van der Waals surface area contributed by atoms with Crippen LogP contribution in [0.2, 0.25) is 0 Å². The summed E-state index contributed by atoms with van der Waals surface area (Å²) in [4.78, 5) is 13.9. The van der Waals surface area contributed by atoms with Gasteiger partial charge in [-0.1, -0.05) is 13.3 Å². The summed E-state index contributed by atoms with van der Waals surface area (Å²) in [6.07, 6.45) is 8.63. The highest BCUT2D eigenvalue weighted by Gasteiger charge is 2.35. The predicted octanol–water partition coefficient (Wildman–Crippen LogP) is 1.76. The molecule has 1 saturated carbocycles. The minimum atomic E-state index is 0.0275. The molecular formula is C10H16N2O. The van der Waals surface area contributed by atoms with E-state index in [-0.39, 0.29) is 5.69 Å². The van der Waals surface area contributed by atoms with Crippen LogP contribution in [-0.2, 0) is 6.54 Å². The van der Waals surface area contributed by atoms with Gasteiger partial charge < -0.3 is 4.98 Å². The summed E-state index contributed by atoms with van der Waals surface area (Å²) >= 11 is 0. The normalized spacial score (nSPS) is 19.8. The molecule has 1 N–H and O–H groups in total. The molecule has 0 aliphatic heterocycles. The van der Waals surface area contributed by atoms with Crippen molar-refractivity contribution in [3.63, 3.8) is 0 Å². The van der Waals surface area contributed by atoms with E-state index in [9.17, 15) is 4.79 Å². The van der Waals surface area contributed by atoms with Crippen LogP contribution < -0.4 is 5.69 Å². The van der Waals surface area contributed by atoms with Gasteiger partial charge >= 0.3 is 5.69 Å². The summed E-state index contributed by atoms with van der Waals surface area (Å²) < 4.78 is 1.79. The van der Waals surface area contributed by atoms with Gasteiger partial charge in [0.15, 0.2) is 0 Å². The Morgan fingerprint density at radius 3 is 2.77 bits per heavy atom. The third-order valence-corrected chi connectivity index (χ3v) is 3.39. The predicted molar refractivity (Wildman–Crippen MR) is 51.6 cm³/mol. The Bertz CT molecular complexity index is 327. The Balaban J connectivity index is 2.13. The SMILES string of the molecule is CCC1(Cn2cc[nH]c2=O)CCC1. The van der Waals surface area contributed by atoms with Crippen molar-refractivity contribution in [1.29, 1.82) is 0 Å². The molecule has 1 aromatic rings. The maximum atomic E-state index is 11.3. The van der Waals surface area contributed by atoms with Crippen molar-refractivity contribution in [3.05, 3.63) is 22.9 Å². The molecule has 0 bridgehead atoms. The van der Waals surface area contributed by atoms with Crippen LogP contribution in [0.1, 0.15) is 32.6 Å². The Kier molecular flexibility index (Phi) is 2.02. The number of H-pyrrole nitrogens is 1. The maximum Gasteiger partial charge on any atom is 0.325 e. The first-order valence-corrected chi connectivity index (χ1v) is 5.00. The summed E-state index contributed by atoms with van der Waals surface area (Å²) in [6, 6.07) is 0. The van der Waals surface area contributed by atoms with E-state index in [1.54, 1.807) is 10.8 Å². The van der Waals surface area contributed by atoms with Crippen LogP contribution in [0.15, 0.2) is 17.2 Å². The Hall–Kier alpha value is -0.990. The molecule has 0 atom stereocenters. The lowest BCUT2D eigenvalue weighted by Crippen LogP contribution is -2.36. The van der Waals surface area contributed by atoms with Crippen LogP contribution in [0.25, 0.3) is 0 Å². The standard InChI is InChI=1S/C10H16N2O/c1-2-10(4-3-5-10)8-12-7-6-11-9(12)13/h6-7H,2-5,8H2,1H3,(H,11,13). The summed E-state index contributed by atoms with van der Waals surface area (Å²) in [5.74, 6) is 0. The number of rotatable bonds is 3. The van der Waals surface area contributed by atoms with Crippen LogP contribution in [0.4, 0.5) is 0 Å². The molecule has 0 radical (unpaired) electrons. The van der Waals surface area contributed by atoms with Crippen LogP contribution in [0.3, 0.4) is 0 Å². The topological polar surface area (TPSA) is 37.8 Å². The lowest BCUT2D eigenvalue weighted by molar-refractivity contribution is 0.0990. The van der Waals surface area contributed by atoms with Crippen molar-refractivity contribution in [3.8, 4) is 0 Å². The van der Waals surface area contributed by atoms with Crippen molar-refractivity contribution in [1.82, 2.24) is 9.55 Å². The third-order valence-electron chi connectivity index (χ3n) is 3.39. The average Bonchev–Trinajstić information content (AvgIpc) is 2.44. The summed E-state index contributed by atoms with van der Waals surface area (Å²) in [5, 5.41) is 0. The highest BCUT2D eigenvalue weighted by Crippen LogP contribution is 2.44. The van der Waals surface area contributed by atoms with E-state index in [0.29, 0.717) is 5.41 Å². The van der Waals surface area contributed by atoms with E-state index in [1.165, 1.54) is 25.7 Å². The fraction of sp³-hybridized carbons (Fsp3) is 0.700. The van der Waals surface area contributed by atoms with Gasteiger partial charge in [0, 0.05) is 18.9 Å². The molecule has 2 rings (SSSR count). The monoisotopic (exact) mass is 180 g/mol. The number of aromatic nitrogens is 2.